The molecular weight excluding hydrogens is 224 g/mol. The summed E-state index contributed by atoms with van der Waals surface area (Å²) < 4.78 is 0. The number of hydrogen-bond donors (Lipinski definition) is 3. The smallest absolute Gasteiger partial charge is 0.0625 e. The molecule has 0 aliphatic rings. The Labute approximate surface area is 99.2 Å². The summed E-state index contributed by atoms with van der Waals surface area (Å²) in [4.78, 5) is 3.28. The van der Waals surface area contributed by atoms with Crippen molar-refractivity contribution in [2.45, 2.75) is 19.9 Å². The van der Waals surface area contributed by atoms with Crippen LogP contribution in [0.15, 0.2) is 12.1 Å². The Morgan fingerprint density at radius 3 is 2.75 bits per heavy atom. The third-order valence-corrected chi connectivity index (χ3v) is 3.38. The predicted molar refractivity (Wildman–Crippen MR) is 66.8 cm³/mol. The van der Waals surface area contributed by atoms with Crippen LogP contribution in [0.5, 0.6) is 0 Å². The molecule has 1 aromatic carbocycles. The third-order valence-electron chi connectivity index (χ3n) is 2.97. The van der Waals surface area contributed by atoms with E-state index in [1.54, 1.807) is 0 Å². The molecule has 2 rings (SSSR count). The van der Waals surface area contributed by atoms with Crippen molar-refractivity contribution >= 4 is 22.5 Å². The highest BCUT2D eigenvalue weighted by molar-refractivity contribution is 6.32. The number of benzene rings is 1. The minimum atomic E-state index is -0.352. The molecule has 0 bridgehead atoms. The van der Waals surface area contributed by atoms with E-state index in [-0.39, 0.29) is 12.6 Å². The van der Waals surface area contributed by atoms with E-state index in [1.807, 2.05) is 26.0 Å². The van der Waals surface area contributed by atoms with Gasteiger partial charge >= 0.3 is 0 Å². The van der Waals surface area contributed by atoms with E-state index < -0.39 is 0 Å². The first-order chi connectivity index (χ1) is 7.56. The lowest BCUT2D eigenvalue weighted by molar-refractivity contribution is 0.268. The molecule has 0 aliphatic heterocycles. The first-order valence-corrected chi connectivity index (χ1v) is 5.57. The van der Waals surface area contributed by atoms with Crippen molar-refractivity contribution < 1.29 is 5.11 Å². The summed E-state index contributed by atoms with van der Waals surface area (Å²) >= 11 is 6.06. The molecule has 4 N–H and O–H groups in total. The number of fused-ring (bicyclic) bond motifs is 1. The van der Waals surface area contributed by atoms with Crippen molar-refractivity contribution in [2.75, 3.05) is 6.61 Å². The van der Waals surface area contributed by atoms with Gasteiger partial charge in [0, 0.05) is 16.1 Å². The molecule has 0 fully saturated rings. The van der Waals surface area contributed by atoms with Crippen LogP contribution in [0.25, 0.3) is 10.9 Å². The number of aryl methyl sites for hydroxylation is 2. The fourth-order valence-corrected chi connectivity index (χ4v) is 2.26. The molecule has 0 radical (unpaired) electrons. The Hall–Kier alpha value is -1.03. The van der Waals surface area contributed by atoms with E-state index in [9.17, 15) is 0 Å². The van der Waals surface area contributed by atoms with Gasteiger partial charge in [0.2, 0.25) is 0 Å². The summed E-state index contributed by atoms with van der Waals surface area (Å²) in [5.74, 6) is 0. The Kier molecular flexibility index (Phi) is 2.93. The molecule has 1 atom stereocenters. The molecule has 4 heteroatoms. The largest absolute Gasteiger partial charge is 0.394 e. The van der Waals surface area contributed by atoms with Crippen LogP contribution >= 0.6 is 11.6 Å². The van der Waals surface area contributed by atoms with E-state index in [4.69, 9.17) is 22.4 Å². The fraction of sp³-hybridized carbons (Fsp3) is 0.333. The van der Waals surface area contributed by atoms with E-state index in [1.165, 1.54) is 0 Å². The van der Waals surface area contributed by atoms with Crippen molar-refractivity contribution in [3.63, 3.8) is 0 Å². The molecule has 2 aromatic rings. The predicted octanol–water partition coefficient (Wildman–Crippen LogP) is 2.43. The maximum atomic E-state index is 9.15. The van der Waals surface area contributed by atoms with Gasteiger partial charge in [-0.25, -0.2) is 0 Å². The van der Waals surface area contributed by atoms with Gasteiger partial charge in [0.05, 0.1) is 18.2 Å². The average molecular weight is 239 g/mol. The second kappa shape index (κ2) is 4.09. The number of halogens is 1. The van der Waals surface area contributed by atoms with Gasteiger partial charge in [-0.2, -0.15) is 0 Å². The zero-order valence-corrected chi connectivity index (χ0v) is 10.1. The number of nitrogens with one attached hydrogen (secondary N) is 1. The van der Waals surface area contributed by atoms with Gasteiger partial charge in [-0.3, -0.25) is 0 Å². The molecule has 16 heavy (non-hydrogen) atoms. The number of aliphatic hydroxyl groups excluding tert-OH is 1. The zero-order chi connectivity index (χ0) is 11.9. The van der Waals surface area contributed by atoms with Crippen LogP contribution in [0, 0.1) is 13.8 Å². The van der Waals surface area contributed by atoms with Crippen LogP contribution in [0.2, 0.25) is 5.02 Å². The second-order valence-corrected chi connectivity index (χ2v) is 4.45. The molecular formula is C12H15ClN2O. The standard InChI is InChI=1S/C12H15ClN2O/c1-6-9(13)4-3-8-11(10(14)5-16)7(2)15-12(6)8/h3-4,10,15-16H,5,14H2,1-2H3. The normalized spacial score (nSPS) is 13.3. The van der Waals surface area contributed by atoms with Crippen LogP contribution in [-0.2, 0) is 0 Å². The highest BCUT2D eigenvalue weighted by atomic mass is 35.5. The van der Waals surface area contributed by atoms with Crippen LogP contribution in [-0.4, -0.2) is 16.7 Å². The van der Waals surface area contributed by atoms with Crippen molar-refractivity contribution in [1.82, 2.24) is 4.98 Å². The number of aliphatic hydroxyl groups is 1. The van der Waals surface area contributed by atoms with Gasteiger partial charge in [0.15, 0.2) is 0 Å². The van der Waals surface area contributed by atoms with E-state index in [0.29, 0.717) is 0 Å². The number of aromatic nitrogens is 1. The van der Waals surface area contributed by atoms with Gasteiger partial charge < -0.3 is 15.8 Å². The Morgan fingerprint density at radius 2 is 2.12 bits per heavy atom. The summed E-state index contributed by atoms with van der Waals surface area (Å²) in [6.45, 7) is 3.86. The Morgan fingerprint density at radius 1 is 1.44 bits per heavy atom. The lowest BCUT2D eigenvalue weighted by atomic mass is 10.0. The second-order valence-electron chi connectivity index (χ2n) is 4.05. The topological polar surface area (TPSA) is 62.0 Å². The molecule has 0 saturated heterocycles. The minimum absolute atomic E-state index is 0.0601. The highest BCUT2D eigenvalue weighted by Crippen LogP contribution is 2.31. The summed E-state index contributed by atoms with van der Waals surface area (Å²) in [5.41, 5.74) is 9.86. The maximum absolute atomic E-state index is 9.15. The molecule has 1 heterocycles. The summed E-state index contributed by atoms with van der Waals surface area (Å²) in [5, 5.41) is 10.9. The number of rotatable bonds is 2. The van der Waals surface area contributed by atoms with Crippen molar-refractivity contribution in [2.24, 2.45) is 5.73 Å². The number of aromatic amines is 1. The number of hydrogen-bond acceptors (Lipinski definition) is 2. The van der Waals surface area contributed by atoms with Crippen molar-refractivity contribution in [3.05, 3.63) is 34.0 Å². The summed E-state index contributed by atoms with van der Waals surface area (Å²) in [6, 6.07) is 3.45. The number of nitrogens with two attached hydrogens (primary N) is 1. The van der Waals surface area contributed by atoms with Gasteiger partial charge in [-0.15, -0.1) is 0 Å². The van der Waals surface area contributed by atoms with Crippen molar-refractivity contribution in [1.29, 1.82) is 0 Å². The van der Waals surface area contributed by atoms with Crippen LogP contribution < -0.4 is 5.73 Å². The van der Waals surface area contributed by atoms with Gasteiger partial charge in [0.1, 0.15) is 0 Å². The van der Waals surface area contributed by atoms with Gasteiger partial charge in [-0.05, 0) is 31.0 Å². The Bertz CT molecular complexity index is 533. The lowest BCUT2D eigenvalue weighted by Gasteiger charge is -2.08. The molecule has 0 aliphatic carbocycles. The van der Waals surface area contributed by atoms with Gasteiger partial charge in [-0.1, -0.05) is 17.7 Å². The van der Waals surface area contributed by atoms with E-state index in [0.717, 1.165) is 32.7 Å². The lowest BCUT2D eigenvalue weighted by Crippen LogP contribution is -2.15. The molecule has 0 amide bonds. The molecule has 86 valence electrons. The van der Waals surface area contributed by atoms with Crippen LogP contribution in [0.4, 0.5) is 0 Å². The highest BCUT2D eigenvalue weighted by Gasteiger charge is 2.16. The molecule has 1 unspecified atom stereocenters. The number of H-pyrrole nitrogens is 1. The first-order valence-electron chi connectivity index (χ1n) is 5.20. The zero-order valence-electron chi connectivity index (χ0n) is 9.34. The molecule has 0 saturated carbocycles. The maximum Gasteiger partial charge on any atom is 0.0625 e. The van der Waals surface area contributed by atoms with Gasteiger partial charge in [0.25, 0.3) is 0 Å². The van der Waals surface area contributed by atoms with E-state index in [2.05, 4.69) is 4.98 Å². The van der Waals surface area contributed by atoms with E-state index >= 15 is 0 Å². The molecule has 1 aromatic heterocycles. The molecule has 3 nitrogen and oxygen atoms in total. The SMILES string of the molecule is Cc1[nH]c2c(C)c(Cl)ccc2c1C(N)CO. The van der Waals surface area contributed by atoms with Crippen LogP contribution in [0.1, 0.15) is 22.9 Å². The molecule has 0 spiro atoms. The quantitative estimate of drug-likeness (QED) is 0.753. The third kappa shape index (κ3) is 1.61. The average Bonchev–Trinajstić information content (AvgIpc) is 2.60. The first kappa shape index (κ1) is 11.5. The fourth-order valence-electron chi connectivity index (χ4n) is 2.10. The monoisotopic (exact) mass is 238 g/mol. The Balaban J connectivity index is 2.76. The summed E-state index contributed by atoms with van der Waals surface area (Å²) in [6.07, 6.45) is 0. The summed E-state index contributed by atoms with van der Waals surface area (Å²) in [7, 11) is 0. The minimum Gasteiger partial charge on any atom is -0.394 e. The van der Waals surface area contributed by atoms with Crippen LogP contribution in [0.3, 0.4) is 0 Å². The van der Waals surface area contributed by atoms with Crippen molar-refractivity contribution in [3.8, 4) is 0 Å².